The second-order valence-corrected chi connectivity index (χ2v) is 4.38. The van der Waals surface area contributed by atoms with Gasteiger partial charge in [0.2, 0.25) is 0 Å². The van der Waals surface area contributed by atoms with Crippen LogP contribution in [0.5, 0.6) is 0 Å². The SMILES string of the molecule is CCNS(=O)(=O)Nc1cc(N)cc(F)c1. The Morgan fingerprint density at radius 2 is 2.07 bits per heavy atom. The molecule has 7 heteroatoms. The maximum Gasteiger partial charge on any atom is 0.299 e. The highest BCUT2D eigenvalue weighted by atomic mass is 32.2. The number of nitrogen functional groups attached to an aromatic ring is 1. The van der Waals surface area contributed by atoms with E-state index in [0.717, 1.165) is 12.1 Å². The number of nitrogens with one attached hydrogen (secondary N) is 2. The van der Waals surface area contributed by atoms with Crippen LogP contribution in [0, 0.1) is 5.82 Å². The Hall–Kier alpha value is -1.34. The number of hydrogen-bond donors (Lipinski definition) is 3. The van der Waals surface area contributed by atoms with Crippen molar-refractivity contribution < 1.29 is 12.8 Å². The van der Waals surface area contributed by atoms with Gasteiger partial charge in [0.25, 0.3) is 10.2 Å². The Balaban J connectivity index is 2.90. The maximum absolute atomic E-state index is 12.9. The van der Waals surface area contributed by atoms with Gasteiger partial charge < -0.3 is 5.73 Å². The summed E-state index contributed by atoms with van der Waals surface area (Å²) in [4.78, 5) is 0. The maximum atomic E-state index is 12.9. The van der Waals surface area contributed by atoms with E-state index in [9.17, 15) is 12.8 Å². The third-order valence-electron chi connectivity index (χ3n) is 1.51. The molecule has 0 aromatic heterocycles. The Morgan fingerprint density at radius 3 is 2.60 bits per heavy atom. The van der Waals surface area contributed by atoms with Crippen LogP contribution in [-0.4, -0.2) is 15.0 Å². The lowest BCUT2D eigenvalue weighted by Gasteiger charge is -2.08. The van der Waals surface area contributed by atoms with E-state index < -0.39 is 16.0 Å². The average molecular weight is 233 g/mol. The van der Waals surface area contributed by atoms with Gasteiger partial charge in [0.05, 0.1) is 5.69 Å². The molecule has 15 heavy (non-hydrogen) atoms. The van der Waals surface area contributed by atoms with Crippen molar-refractivity contribution >= 4 is 21.6 Å². The van der Waals surface area contributed by atoms with Crippen LogP contribution in [-0.2, 0) is 10.2 Å². The van der Waals surface area contributed by atoms with E-state index in [-0.39, 0.29) is 17.9 Å². The molecular weight excluding hydrogens is 221 g/mol. The van der Waals surface area contributed by atoms with Crippen LogP contribution < -0.4 is 15.2 Å². The van der Waals surface area contributed by atoms with Crippen LogP contribution in [0.3, 0.4) is 0 Å². The Labute approximate surface area is 87.7 Å². The summed E-state index contributed by atoms with van der Waals surface area (Å²) < 4.78 is 39.7. The molecule has 0 fully saturated rings. The predicted octanol–water partition coefficient (Wildman–Crippen LogP) is 0.674. The summed E-state index contributed by atoms with van der Waals surface area (Å²) in [5.74, 6) is -0.593. The summed E-state index contributed by atoms with van der Waals surface area (Å²) in [5, 5.41) is 0. The Morgan fingerprint density at radius 1 is 1.40 bits per heavy atom. The van der Waals surface area contributed by atoms with Crippen molar-refractivity contribution in [1.82, 2.24) is 4.72 Å². The highest BCUT2D eigenvalue weighted by Gasteiger charge is 2.08. The van der Waals surface area contributed by atoms with E-state index in [1.807, 2.05) is 0 Å². The van der Waals surface area contributed by atoms with Crippen molar-refractivity contribution in [2.75, 3.05) is 17.0 Å². The molecule has 0 saturated heterocycles. The second kappa shape index (κ2) is 4.45. The summed E-state index contributed by atoms with van der Waals surface area (Å²) >= 11 is 0. The van der Waals surface area contributed by atoms with E-state index in [4.69, 9.17) is 5.73 Å². The fourth-order valence-electron chi connectivity index (χ4n) is 1.05. The zero-order valence-electron chi connectivity index (χ0n) is 8.12. The molecule has 0 unspecified atom stereocenters. The first-order valence-corrected chi connectivity index (χ1v) is 5.75. The first-order valence-electron chi connectivity index (χ1n) is 4.26. The van der Waals surface area contributed by atoms with Crippen LogP contribution in [0.15, 0.2) is 18.2 Å². The fraction of sp³-hybridized carbons (Fsp3) is 0.250. The van der Waals surface area contributed by atoms with Crippen LogP contribution in [0.4, 0.5) is 15.8 Å². The van der Waals surface area contributed by atoms with Crippen LogP contribution in [0.25, 0.3) is 0 Å². The molecule has 1 aromatic rings. The molecule has 4 N–H and O–H groups in total. The number of benzene rings is 1. The molecule has 0 spiro atoms. The summed E-state index contributed by atoms with van der Waals surface area (Å²) in [6, 6.07) is 3.48. The lowest BCUT2D eigenvalue weighted by molar-refractivity contribution is 0.589. The topological polar surface area (TPSA) is 84.2 Å². The number of nitrogens with two attached hydrogens (primary N) is 1. The first-order chi connectivity index (χ1) is 6.93. The van der Waals surface area contributed by atoms with Gasteiger partial charge in [-0.2, -0.15) is 13.1 Å². The van der Waals surface area contributed by atoms with Gasteiger partial charge in [0, 0.05) is 12.2 Å². The molecule has 0 saturated carbocycles. The largest absolute Gasteiger partial charge is 0.399 e. The van der Waals surface area contributed by atoms with E-state index in [0.29, 0.717) is 0 Å². The van der Waals surface area contributed by atoms with Crippen molar-refractivity contribution in [3.63, 3.8) is 0 Å². The number of anilines is 2. The minimum atomic E-state index is -3.64. The second-order valence-electron chi connectivity index (χ2n) is 2.88. The smallest absolute Gasteiger partial charge is 0.299 e. The molecular formula is C8H12FN3O2S. The van der Waals surface area contributed by atoms with Crippen LogP contribution in [0.2, 0.25) is 0 Å². The quantitative estimate of drug-likeness (QED) is 0.668. The van der Waals surface area contributed by atoms with E-state index >= 15 is 0 Å². The highest BCUT2D eigenvalue weighted by molar-refractivity contribution is 7.90. The van der Waals surface area contributed by atoms with Gasteiger partial charge in [-0.1, -0.05) is 6.92 Å². The molecule has 0 bridgehead atoms. The molecule has 0 aliphatic carbocycles. The van der Waals surface area contributed by atoms with Crippen molar-refractivity contribution in [3.8, 4) is 0 Å². The van der Waals surface area contributed by atoms with Crippen molar-refractivity contribution in [2.24, 2.45) is 0 Å². The van der Waals surface area contributed by atoms with Gasteiger partial charge in [0.1, 0.15) is 5.82 Å². The van der Waals surface area contributed by atoms with Gasteiger partial charge in [-0.05, 0) is 18.2 Å². The summed E-state index contributed by atoms with van der Waals surface area (Å²) in [5.41, 5.74) is 5.60. The Kier molecular flexibility index (Phi) is 3.48. The highest BCUT2D eigenvalue weighted by Crippen LogP contribution is 2.16. The molecule has 84 valence electrons. The molecule has 0 atom stereocenters. The van der Waals surface area contributed by atoms with E-state index in [1.54, 1.807) is 6.92 Å². The minimum Gasteiger partial charge on any atom is -0.399 e. The monoisotopic (exact) mass is 233 g/mol. The first kappa shape index (κ1) is 11.7. The normalized spacial score (nSPS) is 11.3. The minimum absolute atomic E-state index is 0.0912. The standard InChI is InChI=1S/C8H12FN3O2S/c1-2-11-15(13,14)12-8-4-6(9)3-7(10)5-8/h3-5,11-12H,2,10H2,1H3. The summed E-state index contributed by atoms with van der Waals surface area (Å²) in [7, 11) is -3.64. The van der Waals surface area contributed by atoms with Crippen molar-refractivity contribution in [3.05, 3.63) is 24.0 Å². The molecule has 5 nitrogen and oxygen atoms in total. The number of hydrogen-bond acceptors (Lipinski definition) is 3. The van der Waals surface area contributed by atoms with Gasteiger partial charge in [-0.3, -0.25) is 4.72 Å². The van der Waals surface area contributed by atoms with E-state index in [2.05, 4.69) is 9.44 Å². The molecule has 0 radical (unpaired) electrons. The zero-order chi connectivity index (χ0) is 11.5. The summed E-state index contributed by atoms with van der Waals surface area (Å²) in [6.45, 7) is 1.89. The Bertz CT molecular complexity index is 427. The van der Waals surface area contributed by atoms with Crippen molar-refractivity contribution in [1.29, 1.82) is 0 Å². The van der Waals surface area contributed by atoms with Gasteiger partial charge >= 0.3 is 0 Å². The average Bonchev–Trinajstić information content (AvgIpc) is 1.99. The van der Waals surface area contributed by atoms with Crippen LogP contribution in [0.1, 0.15) is 6.92 Å². The van der Waals surface area contributed by atoms with Gasteiger partial charge in [-0.15, -0.1) is 0 Å². The van der Waals surface area contributed by atoms with Gasteiger partial charge in [0.15, 0.2) is 0 Å². The molecule has 0 amide bonds. The number of halogens is 1. The molecule has 0 aliphatic heterocycles. The van der Waals surface area contributed by atoms with Crippen molar-refractivity contribution in [2.45, 2.75) is 6.92 Å². The summed E-state index contributed by atoms with van der Waals surface area (Å²) in [6.07, 6.45) is 0. The fourth-order valence-corrected chi connectivity index (χ4v) is 1.93. The lowest BCUT2D eigenvalue weighted by atomic mass is 10.3. The third-order valence-corrected chi connectivity index (χ3v) is 2.68. The molecule has 0 aliphatic rings. The van der Waals surface area contributed by atoms with E-state index in [1.165, 1.54) is 6.07 Å². The molecule has 0 heterocycles. The molecule has 1 rings (SSSR count). The predicted molar refractivity (Wildman–Crippen MR) is 57.0 cm³/mol. The van der Waals surface area contributed by atoms with Gasteiger partial charge in [-0.25, -0.2) is 4.39 Å². The van der Waals surface area contributed by atoms with Crippen LogP contribution >= 0.6 is 0 Å². The third kappa shape index (κ3) is 3.72. The molecule has 1 aromatic carbocycles. The number of rotatable bonds is 4. The zero-order valence-corrected chi connectivity index (χ0v) is 8.94. The lowest BCUT2D eigenvalue weighted by Crippen LogP contribution is -2.29.